The lowest BCUT2D eigenvalue weighted by atomic mass is 10.0. The van der Waals surface area contributed by atoms with Gasteiger partial charge in [-0.05, 0) is 43.0 Å². The fraction of sp³-hybridized carbons (Fsp3) is 0.364. The molecule has 1 atom stereocenters. The van der Waals surface area contributed by atoms with Crippen molar-refractivity contribution in [3.63, 3.8) is 0 Å². The monoisotopic (exact) mass is 386 g/mol. The molecule has 2 aromatic carbocycles. The minimum absolute atomic E-state index is 0.107. The van der Waals surface area contributed by atoms with E-state index < -0.39 is 6.04 Å². The molecule has 2 rings (SSSR count). The number of nitrogens with one attached hydrogen (secondary N) is 1. The molecule has 0 saturated heterocycles. The molecule has 2 amide bonds. The fourth-order valence-corrected chi connectivity index (χ4v) is 3.29. The van der Waals surface area contributed by atoms with E-state index in [2.05, 4.69) is 5.32 Å². The highest BCUT2D eigenvalue weighted by atomic mass is 35.5. The van der Waals surface area contributed by atoms with Gasteiger partial charge in [0.25, 0.3) is 0 Å². The average Bonchev–Trinajstić information content (AvgIpc) is 2.65. The second kappa shape index (κ2) is 10.1. The zero-order valence-electron chi connectivity index (χ0n) is 16.2. The standard InChI is InChI=1S/C22H27ClN2O2/c1-4-20(22(27)24-5-2)25(15-18-12-7-6-10-16(18)3)21(26)14-17-11-8-9-13-19(17)23/h6-13,20H,4-5,14-15H2,1-3H3,(H,24,27)/t20-/m1/s1. The number of halogens is 1. The second-order valence-corrected chi connectivity index (χ2v) is 6.94. The van der Waals surface area contributed by atoms with Gasteiger partial charge in [0.05, 0.1) is 6.42 Å². The van der Waals surface area contributed by atoms with Gasteiger partial charge in [0.15, 0.2) is 0 Å². The molecule has 5 heteroatoms. The molecule has 0 fully saturated rings. The molecule has 27 heavy (non-hydrogen) atoms. The highest BCUT2D eigenvalue weighted by Gasteiger charge is 2.28. The van der Waals surface area contributed by atoms with Crippen molar-refractivity contribution in [1.29, 1.82) is 0 Å². The first kappa shape index (κ1) is 21.0. The van der Waals surface area contributed by atoms with Crippen LogP contribution in [-0.4, -0.2) is 29.3 Å². The lowest BCUT2D eigenvalue weighted by Gasteiger charge is -2.31. The number of hydrogen-bond acceptors (Lipinski definition) is 2. The third-order valence-electron chi connectivity index (χ3n) is 4.64. The van der Waals surface area contributed by atoms with Crippen molar-refractivity contribution in [1.82, 2.24) is 10.2 Å². The van der Waals surface area contributed by atoms with Gasteiger partial charge in [0.1, 0.15) is 6.04 Å². The van der Waals surface area contributed by atoms with E-state index in [9.17, 15) is 9.59 Å². The summed E-state index contributed by atoms with van der Waals surface area (Å²) in [6, 6.07) is 14.7. The number of aryl methyl sites for hydroxylation is 1. The SMILES string of the molecule is CCNC(=O)[C@@H](CC)N(Cc1ccccc1C)C(=O)Cc1ccccc1Cl. The number of benzene rings is 2. The molecule has 0 saturated carbocycles. The van der Waals surface area contributed by atoms with Gasteiger partial charge in [-0.3, -0.25) is 9.59 Å². The van der Waals surface area contributed by atoms with Crippen LogP contribution in [0.5, 0.6) is 0 Å². The van der Waals surface area contributed by atoms with Crippen LogP contribution in [-0.2, 0) is 22.6 Å². The number of nitrogens with zero attached hydrogens (tertiary/aromatic N) is 1. The summed E-state index contributed by atoms with van der Waals surface area (Å²) in [5.74, 6) is -0.231. The van der Waals surface area contributed by atoms with Crippen molar-refractivity contribution in [3.05, 3.63) is 70.2 Å². The minimum atomic E-state index is -0.514. The predicted octanol–water partition coefficient (Wildman–Crippen LogP) is 4.13. The van der Waals surface area contributed by atoms with Crippen molar-refractivity contribution in [2.24, 2.45) is 0 Å². The summed E-state index contributed by atoms with van der Waals surface area (Å²) >= 11 is 6.23. The largest absolute Gasteiger partial charge is 0.355 e. The second-order valence-electron chi connectivity index (χ2n) is 6.53. The highest BCUT2D eigenvalue weighted by molar-refractivity contribution is 6.31. The smallest absolute Gasteiger partial charge is 0.242 e. The topological polar surface area (TPSA) is 49.4 Å². The van der Waals surface area contributed by atoms with Crippen LogP contribution < -0.4 is 5.32 Å². The Hall–Kier alpha value is -2.33. The van der Waals surface area contributed by atoms with E-state index in [0.717, 1.165) is 16.7 Å². The molecule has 0 aliphatic carbocycles. The molecular formula is C22H27ClN2O2. The van der Waals surface area contributed by atoms with Gasteiger partial charge in [-0.1, -0.05) is 61.0 Å². The minimum Gasteiger partial charge on any atom is -0.355 e. The molecule has 0 spiro atoms. The molecule has 0 aromatic heterocycles. The zero-order chi connectivity index (χ0) is 19.8. The molecule has 4 nitrogen and oxygen atoms in total. The first-order chi connectivity index (χ1) is 13.0. The van der Waals surface area contributed by atoms with E-state index in [1.165, 1.54) is 0 Å². The fourth-order valence-electron chi connectivity index (χ4n) is 3.09. The van der Waals surface area contributed by atoms with E-state index in [1.54, 1.807) is 11.0 Å². The van der Waals surface area contributed by atoms with Gasteiger partial charge >= 0.3 is 0 Å². The van der Waals surface area contributed by atoms with E-state index in [1.807, 2.05) is 63.2 Å². The Kier molecular flexibility index (Phi) is 7.86. The Morgan fingerprint density at radius 2 is 1.67 bits per heavy atom. The maximum absolute atomic E-state index is 13.2. The quantitative estimate of drug-likeness (QED) is 0.741. The average molecular weight is 387 g/mol. The third-order valence-corrected chi connectivity index (χ3v) is 5.01. The van der Waals surface area contributed by atoms with Gasteiger partial charge in [0.2, 0.25) is 11.8 Å². The predicted molar refractivity (Wildman–Crippen MR) is 110 cm³/mol. The Balaban J connectivity index is 2.32. The molecule has 0 radical (unpaired) electrons. The molecule has 0 bridgehead atoms. The Labute approximate surface area is 166 Å². The van der Waals surface area contributed by atoms with Gasteiger partial charge in [-0.25, -0.2) is 0 Å². The Bertz CT molecular complexity index is 791. The number of carbonyl (C=O) groups excluding carboxylic acids is 2. The van der Waals surface area contributed by atoms with Crippen LogP contribution in [0.1, 0.15) is 37.0 Å². The normalized spacial score (nSPS) is 11.7. The van der Waals surface area contributed by atoms with Crippen molar-refractivity contribution in [2.75, 3.05) is 6.54 Å². The summed E-state index contributed by atoms with van der Waals surface area (Å²) < 4.78 is 0. The number of rotatable bonds is 8. The Morgan fingerprint density at radius 3 is 2.26 bits per heavy atom. The maximum Gasteiger partial charge on any atom is 0.242 e. The summed E-state index contributed by atoms with van der Waals surface area (Å²) in [6.07, 6.45) is 0.716. The van der Waals surface area contributed by atoms with Crippen LogP contribution in [0.2, 0.25) is 5.02 Å². The number of amides is 2. The van der Waals surface area contributed by atoms with E-state index in [-0.39, 0.29) is 18.2 Å². The number of carbonyl (C=O) groups is 2. The van der Waals surface area contributed by atoms with Crippen LogP contribution in [0.15, 0.2) is 48.5 Å². The first-order valence-electron chi connectivity index (χ1n) is 9.33. The van der Waals surface area contributed by atoms with E-state index in [0.29, 0.717) is 24.5 Å². The van der Waals surface area contributed by atoms with Crippen LogP contribution in [0.25, 0.3) is 0 Å². The van der Waals surface area contributed by atoms with Gasteiger partial charge in [-0.15, -0.1) is 0 Å². The van der Waals surface area contributed by atoms with Crippen molar-refractivity contribution in [3.8, 4) is 0 Å². The third kappa shape index (κ3) is 5.57. The molecule has 1 N–H and O–H groups in total. The van der Waals surface area contributed by atoms with Crippen molar-refractivity contribution in [2.45, 2.75) is 46.2 Å². The Morgan fingerprint density at radius 1 is 1.04 bits per heavy atom. The van der Waals surface area contributed by atoms with E-state index in [4.69, 9.17) is 11.6 Å². The number of hydrogen-bond donors (Lipinski definition) is 1. The maximum atomic E-state index is 13.2. The lowest BCUT2D eigenvalue weighted by molar-refractivity contribution is -0.140. The van der Waals surface area contributed by atoms with Crippen molar-refractivity contribution >= 4 is 23.4 Å². The molecule has 0 heterocycles. The molecule has 0 aliphatic heterocycles. The van der Waals surface area contributed by atoms with E-state index >= 15 is 0 Å². The van der Waals surface area contributed by atoms with Crippen LogP contribution in [0.4, 0.5) is 0 Å². The highest BCUT2D eigenvalue weighted by Crippen LogP contribution is 2.20. The van der Waals surface area contributed by atoms with Gasteiger partial charge in [0, 0.05) is 18.1 Å². The van der Waals surface area contributed by atoms with Gasteiger partial charge < -0.3 is 10.2 Å². The molecular weight excluding hydrogens is 360 g/mol. The zero-order valence-corrected chi connectivity index (χ0v) is 16.9. The molecule has 144 valence electrons. The molecule has 0 unspecified atom stereocenters. The summed E-state index contributed by atoms with van der Waals surface area (Å²) in [6.45, 7) is 6.74. The summed E-state index contributed by atoms with van der Waals surface area (Å²) in [5.41, 5.74) is 2.90. The van der Waals surface area contributed by atoms with Crippen molar-refractivity contribution < 1.29 is 9.59 Å². The lowest BCUT2D eigenvalue weighted by Crippen LogP contribution is -2.49. The summed E-state index contributed by atoms with van der Waals surface area (Å²) in [5, 5.41) is 3.41. The van der Waals surface area contributed by atoms with Gasteiger partial charge in [-0.2, -0.15) is 0 Å². The molecule has 0 aliphatic rings. The van der Waals surface area contributed by atoms with Crippen LogP contribution in [0.3, 0.4) is 0 Å². The van der Waals surface area contributed by atoms with Crippen LogP contribution >= 0.6 is 11.6 Å². The first-order valence-corrected chi connectivity index (χ1v) is 9.70. The number of likely N-dealkylation sites (N-methyl/N-ethyl adjacent to an activating group) is 1. The van der Waals surface area contributed by atoms with Crippen LogP contribution in [0, 0.1) is 6.92 Å². The summed E-state index contributed by atoms with van der Waals surface area (Å²) in [7, 11) is 0. The summed E-state index contributed by atoms with van der Waals surface area (Å²) in [4.78, 5) is 27.4. The molecule has 2 aromatic rings.